The maximum absolute atomic E-state index is 13.2. The SMILES string of the molecule is Cc1c(C(=O)Nc2cccc3ccccc23)oc2c1/C(=N/NC(=S)Nc1ccccc1)CCC2. The van der Waals surface area contributed by atoms with E-state index in [2.05, 4.69) is 21.2 Å². The van der Waals surface area contributed by atoms with E-state index in [4.69, 9.17) is 16.6 Å². The topological polar surface area (TPSA) is 78.7 Å². The van der Waals surface area contributed by atoms with Crippen molar-refractivity contribution in [1.29, 1.82) is 0 Å². The van der Waals surface area contributed by atoms with Gasteiger partial charge in [-0.3, -0.25) is 10.2 Å². The van der Waals surface area contributed by atoms with Crippen molar-refractivity contribution in [2.75, 3.05) is 10.6 Å². The molecular formula is C27H24N4O2S. The number of rotatable bonds is 4. The van der Waals surface area contributed by atoms with Crippen LogP contribution in [0.3, 0.4) is 0 Å². The average molecular weight is 469 g/mol. The van der Waals surface area contributed by atoms with Crippen molar-refractivity contribution in [2.45, 2.75) is 26.2 Å². The first kappa shape index (κ1) is 21.9. The smallest absolute Gasteiger partial charge is 0.291 e. The maximum Gasteiger partial charge on any atom is 0.291 e. The Morgan fingerprint density at radius 1 is 0.941 bits per heavy atom. The molecule has 0 radical (unpaired) electrons. The maximum atomic E-state index is 13.2. The summed E-state index contributed by atoms with van der Waals surface area (Å²) in [6, 6.07) is 23.5. The van der Waals surface area contributed by atoms with Gasteiger partial charge in [0.2, 0.25) is 0 Å². The number of thiocarbonyl (C=S) groups is 1. The van der Waals surface area contributed by atoms with Crippen LogP contribution in [-0.4, -0.2) is 16.7 Å². The highest BCUT2D eigenvalue weighted by Crippen LogP contribution is 2.31. The van der Waals surface area contributed by atoms with Crippen molar-refractivity contribution < 1.29 is 9.21 Å². The normalized spacial score (nSPS) is 14.0. The van der Waals surface area contributed by atoms with Gasteiger partial charge >= 0.3 is 0 Å². The Morgan fingerprint density at radius 2 is 1.71 bits per heavy atom. The van der Waals surface area contributed by atoms with Crippen LogP contribution >= 0.6 is 12.2 Å². The molecule has 3 aromatic carbocycles. The number of hydrazone groups is 1. The van der Waals surface area contributed by atoms with Gasteiger partial charge in [0, 0.05) is 34.3 Å². The second kappa shape index (κ2) is 9.49. The van der Waals surface area contributed by atoms with E-state index in [1.165, 1.54) is 0 Å². The van der Waals surface area contributed by atoms with Crippen molar-refractivity contribution in [3.05, 3.63) is 95.4 Å². The third-order valence-electron chi connectivity index (χ3n) is 5.89. The van der Waals surface area contributed by atoms with Crippen LogP contribution in [0.25, 0.3) is 10.8 Å². The number of fused-ring (bicyclic) bond motifs is 2. The Labute approximate surface area is 203 Å². The number of nitrogens with zero attached hydrogens (tertiary/aromatic N) is 1. The minimum atomic E-state index is -0.267. The quantitative estimate of drug-likeness (QED) is 0.252. The zero-order valence-corrected chi connectivity index (χ0v) is 19.5. The van der Waals surface area contributed by atoms with Gasteiger partial charge in [-0.05, 0) is 55.6 Å². The zero-order valence-electron chi connectivity index (χ0n) is 18.7. The second-order valence-electron chi connectivity index (χ2n) is 8.18. The molecule has 1 amide bonds. The number of amides is 1. The molecule has 5 rings (SSSR count). The van der Waals surface area contributed by atoms with Gasteiger partial charge in [0.1, 0.15) is 5.76 Å². The van der Waals surface area contributed by atoms with Crippen molar-refractivity contribution in [3.63, 3.8) is 0 Å². The van der Waals surface area contributed by atoms with Gasteiger partial charge in [0.05, 0.1) is 5.71 Å². The average Bonchev–Trinajstić information content (AvgIpc) is 3.21. The van der Waals surface area contributed by atoms with Crippen LogP contribution in [0.5, 0.6) is 0 Å². The summed E-state index contributed by atoms with van der Waals surface area (Å²) in [5, 5.41) is 13.1. The minimum absolute atomic E-state index is 0.267. The number of benzene rings is 3. The predicted molar refractivity (Wildman–Crippen MR) is 141 cm³/mol. The Balaban J connectivity index is 1.37. The van der Waals surface area contributed by atoms with E-state index in [0.717, 1.165) is 64.0 Å². The van der Waals surface area contributed by atoms with Gasteiger partial charge in [-0.2, -0.15) is 5.10 Å². The number of aryl methyl sites for hydroxylation is 1. The number of hydrogen-bond donors (Lipinski definition) is 3. The van der Waals surface area contributed by atoms with E-state index < -0.39 is 0 Å². The molecule has 170 valence electrons. The van der Waals surface area contributed by atoms with Crippen molar-refractivity contribution >= 4 is 51.1 Å². The summed E-state index contributed by atoms with van der Waals surface area (Å²) in [5.74, 6) is 0.837. The number of anilines is 2. The first-order valence-corrected chi connectivity index (χ1v) is 11.6. The molecule has 3 N–H and O–H groups in total. The first-order valence-electron chi connectivity index (χ1n) is 11.2. The molecule has 0 bridgehead atoms. The molecular weight excluding hydrogens is 444 g/mol. The number of nitrogens with one attached hydrogen (secondary N) is 3. The monoisotopic (exact) mass is 468 g/mol. The molecule has 1 aliphatic rings. The summed E-state index contributed by atoms with van der Waals surface area (Å²) >= 11 is 5.38. The van der Waals surface area contributed by atoms with Crippen molar-refractivity contribution in [2.24, 2.45) is 5.10 Å². The van der Waals surface area contributed by atoms with E-state index in [9.17, 15) is 4.79 Å². The summed E-state index contributed by atoms with van der Waals surface area (Å²) in [6.45, 7) is 1.90. The number of carbonyl (C=O) groups excluding carboxylic acids is 1. The predicted octanol–water partition coefficient (Wildman–Crippen LogP) is 6.02. The highest BCUT2D eigenvalue weighted by molar-refractivity contribution is 7.80. The number of para-hydroxylation sites is 1. The third-order valence-corrected chi connectivity index (χ3v) is 6.09. The van der Waals surface area contributed by atoms with E-state index in [0.29, 0.717) is 10.9 Å². The minimum Gasteiger partial charge on any atom is -0.455 e. The van der Waals surface area contributed by atoms with Gasteiger partial charge in [-0.25, -0.2) is 0 Å². The summed E-state index contributed by atoms with van der Waals surface area (Å²) in [5.41, 5.74) is 7.09. The summed E-state index contributed by atoms with van der Waals surface area (Å²) in [4.78, 5) is 13.2. The molecule has 0 saturated carbocycles. The van der Waals surface area contributed by atoms with Gasteiger partial charge in [-0.1, -0.05) is 54.6 Å². The fraction of sp³-hybridized carbons (Fsp3) is 0.148. The van der Waals surface area contributed by atoms with Gasteiger partial charge < -0.3 is 15.1 Å². The summed E-state index contributed by atoms with van der Waals surface area (Å²) < 4.78 is 6.05. The molecule has 0 unspecified atom stereocenters. The Bertz CT molecular complexity index is 1400. The van der Waals surface area contributed by atoms with Gasteiger partial charge in [0.25, 0.3) is 5.91 Å². The fourth-order valence-electron chi connectivity index (χ4n) is 4.31. The second-order valence-corrected chi connectivity index (χ2v) is 8.59. The molecule has 4 aromatic rings. The highest BCUT2D eigenvalue weighted by atomic mass is 32.1. The molecule has 1 aromatic heterocycles. The molecule has 7 heteroatoms. The Kier molecular flexibility index (Phi) is 6.10. The Morgan fingerprint density at radius 3 is 2.56 bits per heavy atom. The van der Waals surface area contributed by atoms with Crippen LogP contribution < -0.4 is 16.1 Å². The number of hydrogen-bond acceptors (Lipinski definition) is 4. The molecule has 0 spiro atoms. The molecule has 6 nitrogen and oxygen atoms in total. The lowest BCUT2D eigenvalue weighted by Gasteiger charge is -2.14. The lowest BCUT2D eigenvalue weighted by molar-refractivity contribution is 0.0994. The molecule has 0 saturated heterocycles. The van der Waals surface area contributed by atoms with Crippen LogP contribution in [0.1, 0.15) is 40.3 Å². The van der Waals surface area contributed by atoms with Gasteiger partial charge in [0.15, 0.2) is 10.9 Å². The number of furan rings is 1. The van der Waals surface area contributed by atoms with Crippen LogP contribution in [0.4, 0.5) is 11.4 Å². The zero-order chi connectivity index (χ0) is 23.5. The van der Waals surface area contributed by atoms with E-state index >= 15 is 0 Å². The van der Waals surface area contributed by atoms with Crippen LogP contribution in [0.15, 0.2) is 82.3 Å². The molecule has 0 fully saturated rings. The molecule has 0 atom stereocenters. The first-order chi connectivity index (χ1) is 16.6. The van der Waals surface area contributed by atoms with Crippen molar-refractivity contribution in [3.8, 4) is 0 Å². The lowest BCUT2D eigenvalue weighted by Crippen LogP contribution is -2.26. The van der Waals surface area contributed by atoms with E-state index in [1.807, 2.05) is 79.7 Å². The summed E-state index contributed by atoms with van der Waals surface area (Å²) in [6.07, 6.45) is 2.44. The molecule has 1 aliphatic carbocycles. The fourth-order valence-corrected chi connectivity index (χ4v) is 4.47. The third kappa shape index (κ3) is 4.43. The van der Waals surface area contributed by atoms with Gasteiger partial charge in [-0.15, -0.1) is 0 Å². The molecule has 0 aliphatic heterocycles. The standard InChI is InChI=1S/C27H24N4O2S/c1-17-24-22(30-31-27(34)28-19-11-3-2-4-12-19)15-8-16-23(24)33-25(17)26(32)29-21-14-7-10-18-9-5-6-13-20(18)21/h2-7,9-14H,8,15-16H2,1H3,(H,29,32)(H2,28,31,34)/b30-22+. The summed E-state index contributed by atoms with van der Waals surface area (Å²) in [7, 11) is 0. The van der Waals surface area contributed by atoms with Crippen LogP contribution in [-0.2, 0) is 6.42 Å². The van der Waals surface area contributed by atoms with Crippen LogP contribution in [0.2, 0.25) is 0 Å². The largest absolute Gasteiger partial charge is 0.455 e. The van der Waals surface area contributed by atoms with E-state index in [1.54, 1.807) is 0 Å². The molecule has 1 heterocycles. The highest BCUT2D eigenvalue weighted by Gasteiger charge is 2.28. The number of carbonyl (C=O) groups is 1. The van der Waals surface area contributed by atoms with E-state index in [-0.39, 0.29) is 5.91 Å². The van der Waals surface area contributed by atoms with Crippen LogP contribution in [0, 0.1) is 6.92 Å². The van der Waals surface area contributed by atoms with Crippen molar-refractivity contribution in [1.82, 2.24) is 5.43 Å². The Hall–Kier alpha value is -3.97. The molecule has 34 heavy (non-hydrogen) atoms. The lowest BCUT2D eigenvalue weighted by atomic mass is 9.93.